The monoisotopic (exact) mass is 418 g/mol. The number of fused-ring (bicyclic) bond motifs is 3. The molecule has 1 aromatic carbocycles. The van der Waals surface area contributed by atoms with Crippen molar-refractivity contribution in [2.45, 2.75) is 19.6 Å². The highest BCUT2D eigenvalue weighted by Crippen LogP contribution is 2.31. The van der Waals surface area contributed by atoms with Gasteiger partial charge in [0.2, 0.25) is 0 Å². The molecule has 0 aliphatic carbocycles. The van der Waals surface area contributed by atoms with Crippen molar-refractivity contribution in [1.29, 1.82) is 0 Å². The summed E-state index contributed by atoms with van der Waals surface area (Å²) in [6, 6.07) is 12.3. The molecule has 0 bridgehead atoms. The lowest BCUT2D eigenvalue weighted by atomic mass is 10.0. The van der Waals surface area contributed by atoms with Crippen molar-refractivity contribution in [3.8, 4) is 11.4 Å². The smallest absolute Gasteiger partial charge is 0.258 e. The quantitative estimate of drug-likeness (QED) is 0.510. The SMILES string of the molecule is CN1CCc2c(c3ccc(-n4ccc(OCc5ccc(F)cn5)cc4=O)cc3n2C)C1. The molecular weight excluding hydrogens is 395 g/mol. The summed E-state index contributed by atoms with van der Waals surface area (Å²) in [7, 11) is 4.24. The van der Waals surface area contributed by atoms with Crippen LogP contribution in [-0.2, 0) is 26.6 Å². The number of likely N-dealkylation sites (N-methyl/N-ethyl adjacent to an activating group) is 1. The predicted molar refractivity (Wildman–Crippen MR) is 117 cm³/mol. The van der Waals surface area contributed by atoms with Crippen LogP contribution in [0.25, 0.3) is 16.6 Å². The second-order valence-electron chi connectivity index (χ2n) is 8.00. The van der Waals surface area contributed by atoms with Crippen LogP contribution in [0.5, 0.6) is 5.75 Å². The molecule has 0 N–H and O–H groups in total. The average molecular weight is 418 g/mol. The van der Waals surface area contributed by atoms with Gasteiger partial charge in [0.1, 0.15) is 18.2 Å². The highest BCUT2D eigenvalue weighted by Gasteiger charge is 2.21. The molecule has 158 valence electrons. The number of aromatic nitrogens is 3. The Kier molecular flexibility index (Phi) is 4.82. The molecule has 0 spiro atoms. The molecule has 1 aliphatic heterocycles. The fraction of sp³-hybridized carbons (Fsp3) is 0.250. The van der Waals surface area contributed by atoms with Gasteiger partial charge in [-0.15, -0.1) is 0 Å². The summed E-state index contributed by atoms with van der Waals surface area (Å²) in [5, 5.41) is 1.24. The predicted octanol–water partition coefficient (Wildman–Crippen LogP) is 3.43. The molecule has 4 heterocycles. The van der Waals surface area contributed by atoms with Crippen LogP contribution in [0, 0.1) is 5.82 Å². The number of rotatable bonds is 4. The maximum Gasteiger partial charge on any atom is 0.258 e. The minimum atomic E-state index is -0.394. The third kappa shape index (κ3) is 3.61. The number of hydrogen-bond acceptors (Lipinski definition) is 4. The Morgan fingerprint density at radius 1 is 1.13 bits per heavy atom. The standard InChI is InChI=1S/C24H23FN4O2/c1-27-9-8-22-21(14-27)20-6-5-18(11-23(20)28(22)2)29-10-7-19(12-24(29)30)31-15-17-4-3-16(25)13-26-17/h3-7,10-13H,8-9,14-15H2,1-2H3. The Morgan fingerprint density at radius 2 is 2.00 bits per heavy atom. The lowest BCUT2D eigenvalue weighted by molar-refractivity contribution is 0.300. The van der Waals surface area contributed by atoms with E-state index >= 15 is 0 Å². The molecule has 0 saturated heterocycles. The molecule has 3 aromatic heterocycles. The van der Waals surface area contributed by atoms with E-state index in [2.05, 4.69) is 40.7 Å². The van der Waals surface area contributed by atoms with Crippen molar-refractivity contribution in [3.05, 3.63) is 88.0 Å². The van der Waals surface area contributed by atoms with Gasteiger partial charge in [0, 0.05) is 49.9 Å². The zero-order valence-electron chi connectivity index (χ0n) is 17.5. The summed E-state index contributed by atoms with van der Waals surface area (Å²) in [4.78, 5) is 19.1. The van der Waals surface area contributed by atoms with Crippen LogP contribution in [-0.4, -0.2) is 32.6 Å². The van der Waals surface area contributed by atoms with E-state index in [-0.39, 0.29) is 12.2 Å². The Labute approximate surface area is 179 Å². The summed E-state index contributed by atoms with van der Waals surface area (Å²) >= 11 is 0. The number of hydrogen-bond donors (Lipinski definition) is 0. The maximum atomic E-state index is 13.0. The van der Waals surface area contributed by atoms with Gasteiger partial charge >= 0.3 is 0 Å². The third-order valence-electron chi connectivity index (χ3n) is 5.92. The van der Waals surface area contributed by atoms with Gasteiger partial charge in [-0.2, -0.15) is 0 Å². The van der Waals surface area contributed by atoms with E-state index < -0.39 is 5.82 Å². The van der Waals surface area contributed by atoms with Crippen molar-refractivity contribution in [1.82, 2.24) is 19.0 Å². The first kappa shape index (κ1) is 19.5. The number of pyridine rings is 2. The number of ether oxygens (including phenoxy) is 1. The van der Waals surface area contributed by atoms with E-state index in [9.17, 15) is 9.18 Å². The molecule has 4 aromatic rings. The highest BCUT2D eigenvalue weighted by atomic mass is 19.1. The minimum absolute atomic E-state index is 0.166. The molecule has 31 heavy (non-hydrogen) atoms. The first-order valence-electron chi connectivity index (χ1n) is 10.2. The number of aryl methyl sites for hydroxylation is 1. The van der Waals surface area contributed by atoms with Crippen LogP contribution < -0.4 is 10.3 Å². The highest BCUT2D eigenvalue weighted by molar-refractivity contribution is 5.87. The molecule has 0 radical (unpaired) electrons. The fourth-order valence-corrected chi connectivity index (χ4v) is 4.26. The van der Waals surface area contributed by atoms with Gasteiger partial charge in [0.05, 0.1) is 23.1 Å². The molecule has 0 unspecified atom stereocenters. The zero-order valence-corrected chi connectivity index (χ0v) is 17.5. The first-order chi connectivity index (χ1) is 15.0. The Bertz CT molecular complexity index is 1320. The molecule has 0 atom stereocenters. The molecule has 1 aliphatic rings. The number of halogens is 1. The van der Waals surface area contributed by atoms with Crippen LogP contribution in [0.3, 0.4) is 0 Å². The van der Waals surface area contributed by atoms with E-state index in [4.69, 9.17) is 4.74 Å². The molecule has 7 heteroatoms. The summed E-state index contributed by atoms with van der Waals surface area (Å²) in [6.45, 7) is 2.17. The summed E-state index contributed by atoms with van der Waals surface area (Å²) in [5.74, 6) is 0.0558. The van der Waals surface area contributed by atoms with E-state index in [0.29, 0.717) is 11.4 Å². The summed E-state index contributed by atoms with van der Waals surface area (Å²) in [5.41, 5.74) is 5.11. The largest absolute Gasteiger partial charge is 0.487 e. The molecule has 0 amide bonds. The minimum Gasteiger partial charge on any atom is -0.487 e. The second-order valence-corrected chi connectivity index (χ2v) is 8.00. The van der Waals surface area contributed by atoms with Gasteiger partial charge in [-0.05, 0) is 42.9 Å². The van der Waals surface area contributed by atoms with Gasteiger partial charge in [-0.1, -0.05) is 6.07 Å². The topological polar surface area (TPSA) is 52.3 Å². The van der Waals surface area contributed by atoms with Gasteiger partial charge in [-0.3, -0.25) is 14.3 Å². The average Bonchev–Trinajstić information content (AvgIpc) is 3.04. The zero-order chi connectivity index (χ0) is 21.5. The third-order valence-corrected chi connectivity index (χ3v) is 5.92. The van der Waals surface area contributed by atoms with Crippen molar-refractivity contribution < 1.29 is 9.13 Å². The summed E-state index contributed by atoms with van der Waals surface area (Å²) < 4.78 is 22.5. The van der Waals surface area contributed by atoms with Crippen molar-refractivity contribution in [2.75, 3.05) is 13.6 Å². The van der Waals surface area contributed by atoms with Crippen LogP contribution in [0.15, 0.2) is 59.7 Å². The van der Waals surface area contributed by atoms with Gasteiger partial charge < -0.3 is 14.2 Å². The van der Waals surface area contributed by atoms with Crippen LogP contribution in [0.1, 0.15) is 17.0 Å². The lowest BCUT2D eigenvalue weighted by Crippen LogP contribution is -2.26. The molecular formula is C24H23FN4O2. The molecule has 0 saturated carbocycles. The van der Waals surface area contributed by atoms with Gasteiger partial charge in [0.25, 0.3) is 5.56 Å². The van der Waals surface area contributed by atoms with E-state index in [1.165, 1.54) is 28.8 Å². The maximum absolute atomic E-state index is 13.0. The number of nitrogens with zero attached hydrogens (tertiary/aromatic N) is 4. The fourth-order valence-electron chi connectivity index (χ4n) is 4.26. The Hall–Kier alpha value is -3.45. The van der Waals surface area contributed by atoms with Gasteiger partial charge in [-0.25, -0.2) is 4.39 Å². The lowest BCUT2D eigenvalue weighted by Gasteiger charge is -2.23. The van der Waals surface area contributed by atoms with E-state index in [1.807, 2.05) is 6.07 Å². The van der Waals surface area contributed by atoms with Crippen molar-refractivity contribution in [2.24, 2.45) is 7.05 Å². The van der Waals surface area contributed by atoms with Crippen molar-refractivity contribution in [3.63, 3.8) is 0 Å². The molecule has 5 rings (SSSR count). The van der Waals surface area contributed by atoms with Crippen LogP contribution in [0.2, 0.25) is 0 Å². The Balaban J connectivity index is 1.43. The molecule has 6 nitrogen and oxygen atoms in total. The van der Waals surface area contributed by atoms with E-state index in [0.717, 1.165) is 36.9 Å². The van der Waals surface area contributed by atoms with Crippen molar-refractivity contribution >= 4 is 10.9 Å². The van der Waals surface area contributed by atoms with Crippen LogP contribution >= 0.6 is 0 Å². The number of benzene rings is 1. The second kappa shape index (κ2) is 7.67. The summed E-state index contributed by atoms with van der Waals surface area (Å²) in [6.07, 6.45) is 3.89. The van der Waals surface area contributed by atoms with Gasteiger partial charge in [0.15, 0.2) is 0 Å². The Morgan fingerprint density at radius 3 is 2.77 bits per heavy atom. The van der Waals surface area contributed by atoms with E-state index in [1.54, 1.807) is 22.9 Å². The van der Waals surface area contributed by atoms with Crippen LogP contribution in [0.4, 0.5) is 4.39 Å². The molecule has 0 fully saturated rings. The first-order valence-corrected chi connectivity index (χ1v) is 10.2. The normalized spacial score (nSPS) is 14.0.